The number of hydrogen-bond donors (Lipinski definition) is 2. The molecular weight excluding hydrogens is 310 g/mol. The molecule has 0 saturated carbocycles. The first kappa shape index (κ1) is 14.7. The fraction of sp³-hybridized carbons (Fsp3) is 0.500. The second-order valence-electron chi connectivity index (χ2n) is 4.44. The predicted octanol–water partition coefficient (Wildman–Crippen LogP) is 1.49. The molecule has 0 aliphatic heterocycles. The zero-order valence-corrected chi connectivity index (χ0v) is 12.8. The molecule has 2 aromatic rings. The summed E-state index contributed by atoms with van der Waals surface area (Å²) in [7, 11) is -3.86. The average molecular weight is 324 g/mol. The van der Waals surface area contributed by atoms with Gasteiger partial charge >= 0.3 is 0 Å². The summed E-state index contributed by atoms with van der Waals surface area (Å²) in [5.41, 5.74) is -0.928. The Kier molecular flexibility index (Phi) is 3.90. The molecule has 1 atom stereocenters. The van der Waals surface area contributed by atoms with Crippen molar-refractivity contribution in [2.24, 2.45) is 0 Å². The lowest BCUT2D eigenvalue weighted by atomic mass is 10.0. The Hall–Kier alpha value is -0.670. The number of thiazole rings is 1. The van der Waals surface area contributed by atoms with Crippen LogP contribution in [0.1, 0.15) is 20.3 Å². The third kappa shape index (κ3) is 2.63. The summed E-state index contributed by atoms with van der Waals surface area (Å²) >= 11 is 7.20. The number of halogens is 1. The lowest BCUT2D eigenvalue weighted by Gasteiger charge is -2.26. The van der Waals surface area contributed by atoms with Crippen molar-refractivity contribution < 1.29 is 13.5 Å². The van der Waals surface area contributed by atoms with Gasteiger partial charge in [-0.3, -0.25) is 4.40 Å². The zero-order chi connectivity index (χ0) is 14.3. The van der Waals surface area contributed by atoms with E-state index in [9.17, 15) is 13.5 Å². The van der Waals surface area contributed by atoms with E-state index in [1.807, 2.05) is 0 Å². The number of rotatable bonds is 5. The molecule has 2 rings (SSSR count). The van der Waals surface area contributed by atoms with Gasteiger partial charge in [-0.05, 0) is 13.3 Å². The summed E-state index contributed by atoms with van der Waals surface area (Å²) in [5.74, 6) is 0. The molecule has 2 N–H and O–H groups in total. The number of aliphatic hydroxyl groups is 1. The van der Waals surface area contributed by atoms with Crippen LogP contribution in [0.3, 0.4) is 0 Å². The highest BCUT2D eigenvalue weighted by Crippen LogP contribution is 2.26. The van der Waals surface area contributed by atoms with Crippen LogP contribution >= 0.6 is 22.9 Å². The smallest absolute Gasteiger partial charge is 0.260 e. The van der Waals surface area contributed by atoms with Crippen LogP contribution in [0.5, 0.6) is 0 Å². The standard InChI is InChI=1S/C10H14ClN3O3S2/c1-3-10(2,6-15)13-19(16,17)8-7(11)12-9-14(8)4-5-18-9/h4-5,13,15H,3,6H2,1-2H3. The predicted molar refractivity (Wildman–Crippen MR) is 74.2 cm³/mol. The van der Waals surface area contributed by atoms with Crippen molar-refractivity contribution in [2.45, 2.75) is 30.8 Å². The SMILES string of the molecule is CCC(C)(CO)NS(=O)(=O)c1c(Cl)nc2sccn12. The molecule has 0 fully saturated rings. The van der Waals surface area contributed by atoms with E-state index in [0.717, 1.165) is 0 Å². The Balaban J connectivity index is 2.50. The number of imidazole rings is 1. The Labute approximate surface area is 120 Å². The Morgan fingerprint density at radius 1 is 1.63 bits per heavy atom. The lowest BCUT2D eigenvalue weighted by Crippen LogP contribution is -2.48. The molecule has 6 nitrogen and oxygen atoms in total. The van der Waals surface area contributed by atoms with Crippen molar-refractivity contribution in [2.75, 3.05) is 6.61 Å². The number of aromatic nitrogens is 2. The fourth-order valence-electron chi connectivity index (χ4n) is 1.57. The van der Waals surface area contributed by atoms with Crippen LogP contribution in [-0.2, 0) is 10.0 Å². The van der Waals surface area contributed by atoms with Crippen LogP contribution < -0.4 is 4.72 Å². The highest BCUT2D eigenvalue weighted by Gasteiger charge is 2.32. The van der Waals surface area contributed by atoms with Gasteiger partial charge < -0.3 is 5.11 Å². The molecule has 0 aliphatic carbocycles. The molecule has 9 heteroatoms. The maximum Gasteiger partial charge on any atom is 0.260 e. The summed E-state index contributed by atoms with van der Waals surface area (Å²) in [6.07, 6.45) is 2.04. The molecule has 0 spiro atoms. The van der Waals surface area contributed by atoms with E-state index >= 15 is 0 Å². The monoisotopic (exact) mass is 323 g/mol. The van der Waals surface area contributed by atoms with Crippen LogP contribution in [0.2, 0.25) is 5.15 Å². The van der Waals surface area contributed by atoms with Crippen molar-refractivity contribution >= 4 is 37.9 Å². The van der Waals surface area contributed by atoms with Gasteiger partial charge in [0.25, 0.3) is 10.0 Å². The van der Waals surface area contributed by atoms with Gasteiger partial charge in [-0.2, -0.15) is 0 Å². The minimum atomic E-state index is -3.86. The zero-order valence-electron chi connectivity index (χ0n) is 10.4. The highest BCUT2D eigenvalue weighted by atomic mass is 35.5. The molecule has 0 saturated heterocycles. The molecule has 2 heterocycles. The third-order valence-corrected chi connectivity index (χ3v) is 5.74. The summed E-state index contributed by atoms with van der Waals surface area (Å²) in [4.78, 5) is 4.49. The first-order chi connectivity index (χ1) is 8.83. The summed E-state index contributed by atoms with van der Waals surface area (Å²) in [5, 5.41) is 10.9. The Morgan fingerprint density at radius 3 is 2.89 bits per heavy atom. The molecule has 0 bridgehead atoms. The van der Waals surface area contributed by atoms with Gasteiger partial charge in [-0.25, -0.2) is 18.1 Å². The lowest BCUT2D eigenvalue weighted by molar-refractivity contribution is 0.191. The van der Waals surface area contributed by atoms with E-state index < -0.39 is 15.6 Å². The van der Waals surface area contributed by atoms with E-state index in [1.165, 1.54) is 15.7 Å². The van der Waals surface area contributed by atoms with Crippen molar-refractivity contribution in [1.82, 2.24) is 14.1 Å². The van der Waals surface area contributed by atoms with Gasteiger partial charge in [-0.1, -0.05) is 18.5 Å². The molecule has 19 heavy (non-hydrogen) atoms. The van der Waals surface area contributed by atoms with Gasteiger partial charge in [0.1, 0.15) is 0 Å². The van der Waals surface area contributed by atoms with Gasteiger partial charge in [0.05, 0.1) is 12.1 Å². The molecule has 1 unspecified atom stereocenters. The molecule has 0 aliphatic rings. The van der Waals surface area contributed by atoms with Gasteiger partial charge in [-0.15, -0.1) is 11.3 Å². The Bertz CT molecular complexity index is 688. The molecule has 2 aromatic heterocycles. The first-order valence-electron chi connectivity index (χ1n) is 5.59. The van der Waals surface area contributed by atoms with Crippen molar-refractivity contribution in [3.8, 4) is 0 Å². The van der Waals surface area contributed by atoms with Crippen LogP contribution in [-0.4, -0.2) is 35.1 Å². The number of hydrogen-bond acceptors (Lipinski definition) is 5. The number of aliphatic hydroxyl groups excluding tert-OH is 1. The van der Waals surface area contributed by atoms with E-state index in [2.05, 4.69) is 9.71 Å². The fourth-order valence-corrected chi connectivity index (χ4v) is 4.49. The van der Waals surface area contributed by atoms with Gasteiger partial charge in [0.2, 0.25) is 0 Å². The number of nitrogens with zero attached hydrogens (tertiary/aromatic N) is 2. The van der Waals surface area contributed by atoms with Crippen LogP contribution in [0, 0.1) is 0 Å². The van der Waals surface area contributed by atoms with Gasteiger partial charge in [0, 0.05) is 11.6 Å². The highest BCUT2D eigenvalue weighted by molar-refractivity contribution is 7.89. The largest absolute Gasteiger partial charge is 0.394 e. The molecular formula is C10H14ClN3O3S2. The van der Waals surface area contributed by atoms with Crippen molar-refractivity contribution in [1.29, 1.82) is 0 Å². The van der Waals surface area contributed by atoms with Crippen molar-refractivity contribution in [3.05, 3.63) is 16.7 Å². The second kappa shape index (κ2) is 5.02. The summed E-state index contributed by atoms with van der Waals surface area (Å²) < 4.78 is 28.7. The quantitative estimate of drug-likeness (QED) is 0.873. The Morgan fingerprint density at radius 2 is 2.32 bits per heavy atom. The summed E-state index contributed by atoms with van der Waals surface area (Å²) in [6, 6.07) is 0. The third-order valence-electron chi connectivity index (χ3n) is 2.94. The van der Waals surface area contributed by atoms with Gasteiger partial charge in [0.15, 0.2) is 15.1 Å². The normalized spacial score (nSPS) is 15.8. The van der Waals surface area contributed by atoms with Crippen LogP contribution in [0.15, 0.2) is 16.6 Å². The van der Waals surface area contributed by atoms with Crippen LogP contribution in [0.4, 0.5) is 0 Å². The van der Waals surface area contributed by atoms with Crippen LogP contribution in [0.25, 0.3) is 4.96 Å². The maximum atomic E-state index is 12.4. The van der Waals surface area contributed by atoms with E-state index in [0.29, 0.717) is 11.4 Å². The molecule has 106 valence electrons. The minimum absolute atomic E-state index is 0.0734. The molecule has 0 amide bonds. The van der Waals surface area contributed by atoms with E-state index in [1.54, 1.807) is 25.4 Å². The van der Waals surface area contributed by atoms with E-state index in [4.69, 9.17) is 11.6 Å². The number of nitrogens with one attached hydrogen (secondary N) is 1. The van der Waals surface area contributed by atoms with E-state index in [-0.39, 0.29) is 16.8 Å². The number of sulfonamides is 1. The first-order valence-corrected chi connectivity index (χ1v) is 8.33. The number of fused-ring (bicyclic) bond motifs is 1. The molecule has 0 radical (unpaired) electrons. The average Bonchev–Trinajstić information content (AvgIpc) is 2.87. The molecule has 0 aromatic carbocycles. The van der Waals surface area contributed by atoms with Crippen molar-refractivity contribution in [3.63, 3.8) is 0 Å². The maximum absolute atomic E-state index is 12.4. The summed E-state index contributed by atoms with van der Waals surface area (Å²) in [6.45, 7) is 3.12. The minimum Gasteiger partial charge on any atom is -0.394 e. The topological polar surface area (TPSA) is 83.7 Å². The second-order valence-corrected chi connectivity index (χ2v) is 7.27.